The summed E-state index contributed by atoms with van der Waals surface area (Å²) >= 11 is 0. The van der Waals surface area contributed by atoms with Crippen molar-refractivity contribution in [1.29, 1.82) is 0 Å². The third kappa shape index (κ3) is 4.38. The zero-order chi connectivity index (χ0) is 24.7. The molecule has 1 atom stereocenters. The maximum Gasteiger partial charge on any atom is 0.435 e. The first-order valence-corrected chi connectivity index (χ1v) is 11.4. The molecule has 3 heterocycles. The minimum atomic E-state index is -0.867. The van der Waals surface area contributed by atoms with Gasteiger partial charge in [0.1, 0.15) is 0 Å². The number of anilines is 1. The molecule has 3 rings (SSSR count). The van der Waals surface area contributed by atoms with E-state index in [1.165, 1.54) is 0 Å². The summed E-state index contributed by atoms with van der Waals surface area (Å²) in [4.78, 5) is 44.4. The molecule has 0 aliphatic carbocycles. The number of nitrogens with zero attached hydrogens (tertiary/aromatic N) is 5. The fourth-order valence-electron chi connectivity index (χ4n) is 4.55. The molecule has 1 aromatic rings. The van der Waals surface area contributed by atoms with E-state index in [4.69, 9.17) is 9.47 Å². The van der Waals surface area contributed by atoms with E-state index in [0.717, 1.165) is 11.2 Å². The second-order valence-corrected chi connectivity index (χ2v) is 9.73. The van der Waals surface area contributed by atoms with Crippen LogP contribution in [0.5, 0.6) is 0 Å². The van der Waals surface area contributed by atoms with E-state index in [2.05, 4.69) is 36.2 Å². The summed E-state index contributed by atoms with van der Waals surface area (Å²) in [6.45, 7) is 15.3. The van der Waals surface area contributed by atoms with Gasteiger partial charge in [0, 0.05) is 30.2 Å². The average molecular weight is 465 g/mol. The third-order valence-corrected chi connectivity index (χ3v) is 6.63. The Bertz CT molecular complexity index is 940. The minimum Gasteiger partial charge on any atom is -0.450 e. The van der Waals surface area contributed by atoms with Crippen LogP contribution in [0.2, 0.25) is 0 Å². The molecule has 0 unspecified atom stereocenters. The highest BCUT2D eigenvalue weighted by molar-refractivity contribution is 5.87. The third-order valence-electron chi connectivity index (χ3n) is 6.63. The van der Waals surface area contributed by atoms with Crippen molar-refractivity contribution < 1.29 is 23.9 Å². The van der Waals surface area contributed by atoms with Crippen molar-refractivity contribution >= 4 is 24.0 Å². The first-order valence-electron chi connectivity index (χ1n) is 11.4. The molecule has 1 saturated heterocycles. The molecule has 0 aromatic carbocycles. The number of hydrogen-bond donors (Lipinski definition) is 1. The highest BCUT2D eigenvalue weighted by Gasteiger charge is 2.50. The van der Waals surface area contributed by atoms with Gasteiger partial charge >= 0.3 is 18.2 Å². The molecule has 3 amide bonds. The fourth-order valence-corrected chi connectivity index (χ4v) is 4.55. The van der Waals surface area contributed by atoms with Crippen LogP contribution in [0.25, 0.3) is 0 Å². The molecule has 1 aromatic heterocycles. The van der Waals surface area contributed by atoms with Gasteiger partial charge in [-0.3, -0.25) is 10.2 Å². The highest BCUT2D eigenvalue weighted by atomic mass is 16.6. The fraction of sp³-hybridized carbons (Fsp3) is 0.727. The van der Waals surface area contributed by atoms with E-state index in [0.29, 0.717) is 17.8 Å². The highest BCUT2D eigenvalue weighted by Crippen LogP contribution is 2.43. The SMILES string of the molecule is CCOC(=O)Nc1nn(C(=O)OCC)c2c1CN(C(=O)N1CC(C)(C)N(C)C[C@@H]1C)C2(C)C. The second-order valence-electron chi connectivity index (χ2n) is 9.73. The van der Waals surface area contributed by atoms with Crippen LogP contribution in [-0.4, -0.2) is 87.6 Å². The van der Waals surface area contributed by atoms with Crippen LogP contribution in [0.4, 0.5) is 20.2 Å². The van der Waals surface area contributed by atoms with Gasteiger partial charge in [0.05, 0.1) is 31.0 Å². The van der Waals surface area contributed by atoms with Crippen LogP contribution in [0.3, 0.4) is 0 Å². The largest absolute Gasteiger partial charge is 0.450 e. The van der Waals surface area contributed by atoms with Gasteiger partial charge in [0.2, 0.25) is 0 Å². The molecule has 11 nitrogen and oxygen atoms in total. The van der Waals surface area contributed by atoms with Crippen molar-refractivity contribution in [3.8, 4) is 0 Å². The molecule has 1 N–H and O–H groups in total. The predicted molar refractivity (Wildman–Crippen MR) is 122 cm³/mol. The lowest BCUT2D eigenvalue weighted by molar-refractivity contribution is 0.00665. The van der Waals surface area contributed by atoms with Gasteiger partial charge in [0.15, 0.2) is 5.82 Å². The maximum absolute atomic E-state index is 13.8. The maximum atomic E-state index is 13.8. The van der Waals surface area contributed by atoms with E-state index >= 15 is 0 Å². The van der Waals surface area contributed by atoms with Crippen LogP contribution in [0, 0.1) is 0 Å². The summed E-state index contributed by atoms with van der Waals surface area (Å²) in [5.41, 5.74) is 0.0724. The van der Waals surface area contributed by atoms with Crippen LogP contribution >= 0.6 is 0 Å². The van der Waals surface area contributed by atoms with Crippen molar-refractivity contribution in [3.05, 3.63) is 11.3 Å². The van der Waals surface area contributed by atoms with Crippen molar-refractivity contribution in [1.82, 2.24) is 24.5 Å². The summed E-state index contributed by atoms with van der Waals surface area (Å²) < 4.78 is 11.3. The molecule has 0 spiro atoms. The first-order chi connectivity index (χ1) is 15.3. The minimum absolute atomic E-state index is 0.0220. The smallest absolute Gasteiger partial charge is 0.435 e. The van der Waals surface area contributed by atoms with Crippen LogP contribution in [0.15, 0.2) is 0 Å². The lowest BCUT2D eigenvalue weighted by atomic mass is 9.96. The topological polar surface area (TPSA) is 109 Å². The number of amides is 3. The average Bonchev–Trinajstić information content (AvgIpc) is 3.20. The van der Waals surface area contributed by atoms with Gasteiger partial charge in [0.25, 0.3) is 0 Å². The lowest BCUT2D eigenvalue weighted by Crippen LogP contribution is -2.65. The van der Waals surface area contributed by atoms with Gasteiger partial charge in [-0.25, -0.2) is 14.4 Å². The Morgan fingerprint density at radius 2 is 1.76 bits per heavy atom. The number of likely N-dealkylation sites (N-methyl/N-ethyl adjacent to an activating group) is 1. The van der Waals surface area contributed by atoms with Gasteiger partial charge in [-0.2, -0.15) is 4.68 Å². The van der Waals surface area contributed by atoms with E-state index in [9.17, 15) is 14.4 Å². The molecule has 33 heavy (non-hydrogen) atoms. The molecule has 0 bridgehead atoms. The molecule has 1 fully saturated rings. The molecular weight excluding hydrogens is 428 g/mol. The van der Waals surface area contributed by atoms with Crippen molar-refractivity contribution in [2.75, 3.05) is 38.7 Å². The number of fused-ring (bicyclic) bond motifs is 1. The summed E-state index contributed by atoms with van der Waals surface area (Å²) in [6, 6.07) is -0.101. The van der Waals surface area contributed by atoms with Gasteiger partial charge in [-0.1, -0.05) is 0 Å². The Morgan fingerprint density at radius 3 is 2.36 bits per heavy atom. The number of ether oxygens (including phenoxy) is 2. The summed E-state index contributed by atoms with van der Waals surface area (Å²) in [6.07, 6.45) is -1.34. The molecule has 184 valence electrons. The van der Waals surface area contributed by atoms with Crippen molar-refractivity contribution in [2.24, 2.45) is 0 Å². The normalized spacial score (nSPS) is 21.5. The number of carbonyl (C=O) groups is 3. The van der Waals surface area contributed by atoms with Gasteiger partial charge in [-0.15, -0.1) is 5.10 Å². The van der Waals surface area contributed by atoms with Gasteiger partial charge in [-0.05, 0) is 55.5 Å². The molecule has 2 aliphatic heterocycles. The Kier molecular flexibility index (Phi) is 6.65. The van der Waals surface area contributed by atoms with Crippen LogP contribution in [-0.2, 0) is 21.6 Å². The zero-order valence-electron chi connectivity index (χ0n) is 20.9. The van der Waals surface area contributed by atoms with Gasteiger partial charge < -0.3 is 19.3 Å². The second kappa shape index (κ2) is 8.85. The Labute approximate surface area is 195 Å². The zero-order valence-corrected chi connectivity index (χ0v) is 20.9. The number of piperazine rings is 1. The molecular formula is C22H36N6O5. The molecule has 11 heteroatoms. The Morgan fingerprint density at radius 1 is 1.12 bits per heavy atom. The Balaban J connectivity index is 1.98. The van der Waals surface area contributed by atoms with E-state index in [1.807, 2.05) is 25.7 Å². The van der Waals surface area contributed by atoms with E-state index in [-0.39, 0.29) is 43.2 Å². The molecule has 2 aliphatic rings. The summed E-state index contributed by atoms with van der Waals surface area (Å²) in [5.74, 6) is 0.187. The molecule has 0 saturated carbocycles. The molecule has 0 radical (unpaired) electrons. The van der Waals surface area contributed by atoms with Crippen LogP contribution in [0.1, 0.15) is 59.7 Å². The quantitative estimate of drug-likeness (QED) is 0.732. The number of aromatic nitrogens is 2. The standard InChI is InChI=1S/C22H36N6O5/c1-9-32-18(29)23-17-15-12-27(19(30)26-13-21(4,5)25(8)11-14(26)3)22(6,7)16(15)28(24-17)20(31)33-10-2/h14H,9-13H2,1-8H3,(H,23,24,29)/t14-/m0/s1. The number of carbonyl (C=O) groups excluding carboxylic acids is 3. The summed E-state index contributed by atoms with van der Waals surface area (Å²) in [7, 11) is 2.06. The van der Waals surface area contributed by atoms with E-state index in [1.54, 1.807) is 18.7 Å². The number of nitrogens with one attached hydrogen (secondary N) is 1. The number of hydrogen-bond acceptors (Lipinski definition) is 7. The Hall–Kier alpha value is -2.82. The van der Waals surface area contributed by atoms with Crippen molar-refractivity contribution in [3.63, 3.8) is 0 Å². The lowest BCUT2D eigenvalue weighted by Gasteiger charge is -2.50. The van der Waals surface area contributed by atoms with Crippen molar-refractivity contribution in [2.45, 2.75) is 72.1 Å². The first kappa shape index (κ1) is 24.8. The number of rotatable bonds is 3. The summed E-state index contributed by atoms with van der Waals surface area (Å²) in [5, 5.41) is 6.90. The number of urea groups is 1. The van der Waals surface area contributed by atoms with E-state index < -0.39 is 17.7 Å². The predicted octanol–water partition coefficient (Wildman–Crippen LogP) is 3.04. The van der Waals surface area contributed by atoms with Crippen LogP contribution < -0.4 is 5.32 Å². The monoisotopic (exact) mass is 464 g/mol.